The van der Waals surface area contributed by atoms with Crippen molar-refractivity contribution in [2.24, 2.45) is 13.0 Å². The summed E-state index contributed by atoms with van der Waals surface area (Å²) in [6.45, 7) is 0. The van der Waals surface area contributed by atoms with E-state index in [9.17, 15) is 4.79 Å². The molecule has 94 valence electrons. The lowest BCUT2D eigenvalue weighted by molar-refractivity contribution is -0.118. The van der Waals surface area contributed by atoms with E-state index in [4.69, 9.17) is 0 Å². The van der Waals surface area contributed by atoms with Gasteiger partial charge in [-0.25, -0.2) is 0 Å². The summed E-state index contributed by atoms with van der Waals surface area (Å²) in [5.74, 6) is 1.14. The van der Waals surface area contributed by atoms with Crippen molar-refractivity contribution in [3.63, 3.8) is 0 Å². The number of nitrogens with zero attached hydrogens (tertiary/aromatic N) is 2. The van der Waals surface area contributed by atoms with E-state index < -0.39 is 0 Å². The summed E-state index contributed by atoms with van der Waals surface area (Å²) in [7, 11) is 1.88. The Hall–Kier alpha value is -1.12. The number of hydrogen-bond acceptors (Lipinski definition) is 2. The van der Waals surface area contributed by atoms with Crippen LogP contribution in [0.4, 0.5) is 0 Å². The van der Waals surface area contributed by atoms with Crippen LogP contribution in [-0.4, -0.2) is 15.6 Å². The van der Waals surface area contributed by atoms with Gasteiger partial charge in [0.05, 0.1) is 12.1 Å². The Balaban J connectivity index is 1.70. The molecule has 1 fully saturated rings. The summed E-state index contributed by atoms with van der Waals surface area (Å²) < 4.78 is 1.75. The van der Waals surface area contributed by atoms with Crippen molar-refractivity contribution in [1.29, 1.82) is 0 Å². The highest BCUT2D eigenvalue weighted by atomic mass is 16.1. The molecule has 17 heavy (non-hydrogen) atoms. The van der Waals surface area contributed by atoms with Crippen molar-refractivity contribution in [3.8, 4) is 0 Å². The monoisotopic (exact) mass is 234 g/mol. The van der Waals surface area contributed by atoms with Crippen LogP contribution in [0.25, 0.3) is 0 Å². The van der Waals surface area contributed by atoms with Gasteiger partial charge in [-0.15, -0.1) is 0 Å². The van der Waals surface area contributed by atoms with Gasteiger partial charge in [0.25, 0.3) is 0 Å². The molecule has 0 bridgehead atoms. The van der Waals surface area contributed by atoms with Crippen LogP contribution in [0.1, 0.15) is 50.6 Å². The Kier molecular flexibility index (Phi) is 4.35. The van der Waals surface area contributed by atoms with Gasteiger partial charge in [0.1, 0.15) is 5.78 Å². The molecule has 1 aromatic heterocycles. The Morgan fingerprint density at radius 1 is 1.41 bits per heavy atom. The molecule has 0 spiro atoms. The number of ketones is 1. The van der Waals surface area contributed by atoms with Crippen LogP contribution in [0.2, 0.25) is 0 Å². The maximum absolute atomic E-state index is 11.8. The van der Waals surface area contributed by atoms with Gasteiger partial charge in [0.2, 0.25) is 0 Å². The third-order valence-electron chi connectivity index (χ3n) is 3.70. The van der Waals surface area contributed by atoms with Crippen molar-refractivity contribution in [1.82, 2.24) is 9.78 Å². The lowest BCUT2D eigenvalue weighted by Crippen LogP contribution is -2.10. The Bertz CT molecular complexity index is 364. The fourth-order valence-corrected chi connectivity index (χ4v) is 2.69. The van der Waals surface area contributed by atoms with Crippen LogP contribution >= 0.6 is 0 Å². The van der Waals surface area contributed by atoms with Gasteiger partial charge < -0.3 is 0 Å². The van der Waals surface area contributed by atoms with Gasteiger partial charge in [0.15, 0.2) is 0 Å². The Morgan fingerprint density at radius 3 is 2.82 bits per heavy atom. The molecule has 1 heterocycles. The minimum atomic E-state index is 0.342. The minimum Gasteiger partial charge on any atom is -0.299 e. The number of Topliss-reactive ketones (excluding diaryl/α,β-unsaturated/α-hetero) is 1. The van der Waals surface area contributed by atoms with Crippen LogP contribution in [-0.2, 0) is 18.3 Å². The first kappa shape index (κ1) is 12.3. The minimum absolute atomic E-state index is 0.342. The van der Waals surface area contributed by atoms with Crippen molar-refractivity contribution in [3.05, 3.63) is 18.0 Å². The number of aromatic nitrogens is 2. The fraction of sp³-hybridized carbons (Fsp3) is 0.714. The summed E-state index contributed by atoms with van der Waals surface area (Å²) >= 11 is 0. The zero-order chi connectivity index (χ0) is 12.1. The quantitative estimate of drug-likeness (QED) is 0.785. The highest BCUT2D eigenvalue weighted by Gasteiger charge is 2.15. The first-order valence-electron chi connectivity index (χ1n) is 6.74. The normalized spacial score (nSPS) is 17.2. The van der Waals surface area contributed by atoms with Gasteiger partial charge >= 0.3 is 0 Å². The Labute approximate surface area is 103 Å². The summed E-state index contributed by atoms with van der Waals surface area (Å²) in [5, 5.41) is 4.24. The van der Waals surface area contributed by atoms with E-state index in [2.05, 4.69) is 5.10 Å². The van der Waals surface area contributed by atoms with E-state index >= 15 is 0 Å². The van der Waals surface area contributed by atoms with Crippen molar-refractivity contribution >= 4 is 5.78 Å². The highest BCUT2D eigenvalue weighted by molar-refractivity contribution is 5.80. The van der Waals surface area contributed by atoms with Crippen molar-refractivity contribution in [2.45, 2.75) is 51.4 Å². The number of carbonyl (C=O) groups excluding carboxylic acids is 1. The number of aryl methyl sites for hydroxylation is 1. The smallest absolute Gasteiger partial charge is 0.138 e. The predicted molar refractivity (Wildman–Crippen MR) is 67.7 cm³/mol. The van der Waals surface area contributed by atoms with Crippen LogP contribution in [0.15, 0.2) is 12.3 Å². The lowest BCUT2D eigenvalue weighted by Gasteiger charge is -2.20. The third kappa shape index (κ3) is 3.99. The molecule has 3 heteroatoms. The fourth-order valence-electron chi connectivity index (χ4n) is 2.69. The molecular weight excluding hydrogens is 212 g/mol. The maximum atomic E-state index is 11.8. The topological polar surface area (TPSA) is 34.9 Å². The molecule has 3 nitrogen and oxygen atoms in total. The maximum Gasteiger partial charge on any atom is 0.138 e. The number of carbonyl (C=O) groups is 1. The molecule has 0 unspecified atom stereocenters. The lowest BCUT2D eigenvalue weighted by atomic mass is 9.85. The van der Waals surface area contributed by atoms with Crippen molar-refractivity contribution in [2.75, 3.05) is 0 Å². The average molecular weight is 234 g/mol. The van der Waals surface area contributed by atoms with Crippen LogP contribution in [0.5, 0.6) is 0 Å². The second-order valence-electron chi connectivity index (χ2n) is 5.24. The van der Waals surface area contributed by atoms with E-state index in [1.54, 1.807) is 4.68 Å². The molecule has 0 radical (unpaired) electrons. The molecule has 1 aliphatic carbocycles. The molecule has 1 saturated carbocycles. The molecule has 0 aromatic carbocycles. The van der Waals surface area contributed by atoms with Gasteiger partial charge in [-0.05, 0) is 18.4 Å². The summed E-state index contributed by atoms with van der Waals surface area (Å²) in [5.41, 5.74) is 0.904. The Morgan fingerprint density at radius 2 is 2.18 bits per heavy atom. The molecular formula is C14H22N2O. The molecule has 1 aromatic rings. The molecule has 0 atom stereocenters. The number of hydrogen-bond donors (Lipinski definition) is 0. The largest absolute Gasteiger partial charge is 0.299 e. The predicted octanol–water partition coefficient (Wildman–Crippen LogP) is 2.89. The van der Waals surface area contributed by atoms with Gasteiger partial charge in [-0.3, -0.25) is 9.48 Å². The summed E-state index contributed by atoms with van der Waals surface area (Å²) in [6, 6.07) is 1.93. The van der Waals surface area contributed by atoms with Crippen molar-refractivity contribution < 1.29 is 4.79 Å². The summed E-state index contributed by atoms with van der Waals surface area (Å²) in [6.07, 6.45) is 11.0. The zero-order valence-electron chi connectivity index (χ0n) is 10.7. The molecule has 2 rings (SSSR count). The molecule has 0 aliphatic heterocycles. The van der Waals surface area contributed by atoms with Gasteiger partial charge in [-0.1, -0.05) is 32.1 Å². The zero-order valence-corrected chi connectivity index (χ0v) is 10.7. The van der Waals surface area contributed by atoms with Crippen LogP contribution in [0.3, 0.4) is 0 Å². The number of rotatable bonds is 5. The first-order chi connectivity index (χ1) is 8.24. The second kappa shape index (κ2) is 5.99. The second-order valence-corrected chi connectivity index (χ2v) is 5.24. The van der Waals surface area contributed by atoms with E-state index in [-0.39, 0.29) is 0 Å². The van der Waals surface area contributed by atoms with E-state index in [0.29, 0.717) is 12.2 Å². The van der Waals surface area contributed by atoms with E-state index in [0.717, 1.165) is 24.5 Å². The van der Waals surface area contributed by atoms with Crippen LogP contribution in [0, 0.1) is 5.92 Å². The van der Waals surface area contributed by atoms with Gasteiger partial charge in [0, 0.05) is 19.7 Å². The molecule has 0 amide bonds. The summed E-state index contributed by atoms with van der Waals surface area (Å²) in [4.78, 5) is 11.8. The third-order valence-corrected chi connectivity index (χ3v) is 3.70. The van der Waals surface area contributed by atoms with Gasteiger partial charge in [-0.2, -0.15) is 5.10 Å². The molecule has 0 saturated heterocycles. The van der Waals surface area contributed by atoms with E-state index in [1.807, 2.05) is 19.3 Å². The average Bonchev–Trinajstić information content (AvgIpc) is 2.73. The SMILES string of the molecule is Cn1ccc(CC(=O)CCC2CCCCC2)n1. The first-order valence-corrected chi connectivity index (χ1v) is 6.74. The molecule has 1 aliphatic rings. The standard InChI is InChI=1S/C14H22N2O/c1-16-10-9-13(15-16)11-14(17)8-7-12-5-3-2-4-6-12/h9-10,12H,2-8,11H2,1H3. The van der Waals surface area contributed by atoms with Crippen LogP contribution < -0.4 is 0 Å². The van der Waals surface area contributed by atoms with E-state index in [1.165, 1.54) is 32.1 Å². The highest BCUT2D eigenvalue weighted by Crippen LogP contribution is 2.27. The molecule has 0 N–H and O–H groups in total.